The zero-order chi connectivity index (χ0) is 17.7. The van der Waals surface area contributed by atoms with Gasteiger partial charge in [-0.1, -0.05) is 6.92 Å². The number of anilines is 1. The van der Waals surface area contributed by atoms with Gasteiger partial charge in [0.15, 0.2) is 5.88 Å². The number of carbonyl (C=O) groups is 1. The molecule has 24 heavy (non-hydrogen) atoms. The molecule has 132 valence electrons. The van der Waals surface area contributed by atoms with E-state index in [0.717, 1.165) is 28.4 Å². The van der Waals surface area contributed by atoms with Gasteiger partial charge in [-0.3, -0.25) is 4.79 Å². The molecular weight excluding hydrogens is 306 g/mol. The molecule has 1 atom stereocenters. The molecule has 0 spiro atoms. The zero-order valence-corrected chi connectivity index (χ0v) is 14.9. The molecule has 0 aromatic carbocycles. The molecule has 6 heteroatoms. The molecule has 0 radical (unpaired) electrons. The van der Waals surface area contributed by atoms with Crippen LogP contribution >= 0.6 is 0 Å². The van der Waals surface area contributed by atoms with Gasteiger partial charge in [0, 0.05) is 37.5 Å². The van der Waals surface area contributed by atoms with Crippen LogP contribution in [0, 0.1) is 26.7 Å². The van der Waals surface area contributed by atoms with E-state index < -0.39 is 0 Å². The monoisotopic (exact) mass is 333 g/mol. The van der Waals surface area contributed by atoms with E-state index in [1.807, 2.05) is 39.8 Å². The van der Waals surface area contributed by atoms with Crippen molar-refractivity contribution in [1.82, 2.24) is 10.6 Å². The Morgan fingerprint density at radius 2 is 2.00 bits per heavy atom. The van der Waals surface area contributed by atoms with Crippen LogP contribution in [0.3, 0.4) is 0 Å². The predicted molar refractivity (Wildman–Crippen MR) is 93.6 cm³/mol. The van der Waals surface area contributed by atoms with Gasteiger partial charge in [0.05, 0.1) is 0 Å². The molecule has 4 N–H and O–H groups in total. The first kappa shape index (κ1) is 18.1. The van der Waals surface area contributed by atoms with Gasteiger partial charge >= 0.3 is 0 Å². The van der Waals surface area contributed by atoms with Gasteiger partial charge in [-0.05, 0) is 38.5 Å². The lowest BCUT2D eigenvalue weighted by Gasteiger charge is -2.13. The van der Waals surface area contributed by atoms with Crippen LogP contribution in [0.5, 0.6) is 0 Å². The maximum absolute atomic E-state index is 12.1. The Kier molecular flexibility index (Phi) is 6.09. The number of amides is 1. The van der Waals surface area contributed by atoms with Crippen LogP contribution in [0.25, 0.3) is 0 Å². The summed E-state index contributed by atoms with van der Waals surface area (Å²) in [5.41, 5.74) is 7.87. The van der Waals surface area contributed by atoms with Gasteiger partial charge in [0.25, 0.3) is 0 Å². The Morgan fingerprint density at radius 1 is 1.25 bits per heavy atom. The molecular formula is C18H27N3O3. The minimum absolute atomic E-state index is 0.0267. The molecule has 0 fully saturated rings. The Labute approximate surface area is 142 Å². The van der Waals surface area contributed by atoms with Crippen molar-refractivity contribution >= 4 is 11.8 Å². The summed E-state index contributed by atoms with van der Waals surface area (Å²) in [5.74, 6) is 2.96. The summed E-state index contributed by atoms with van der Waals surface area (Å²) in [6.45, 7) is 9.43. The molecule has 0 bridgehead atoms. The zero-order valence-electron chi connectivity index (χ0n) is 14.9. The molecule has 2 rings (SSSR count). The van der Waals surface area contributed by atoms with E-state index in [0.29, 0.717) is 31.9 Å². The third-order valence-corrected chi connectivity index (χ3v) is 4.21. The highest BCUT2D eigenvalue weighted by Crippen LogP contribution is 2.23. The van der Waals surface area contributed by atoms with E-state index in [2.05, 4.69) is 10.6 Å². The topological polar surface area (TPSA) is 93.4 Å². The number of nitrogens with two attached hydrogens (primary N) is 1. The summed E-state index contributed by atoms with van der Waals surface area (Å²) in [6, 6.07) is 3.86. The van der Waals surface area contributed by atoms with Gasteiger partial charge in [0.2, 0.25) is 5.91 Å². The Balaban J connectivity index is 1.69. The number of hydrogen-bond acceptors (Lipinski definition) is 5. The van der Waals surface area contributed by atoms with E-state index >= 15 is 0 Å². The smallest absolute Gasteiger partial charge is 0.224 e. The number of nitrogens with one attached hydrogen (secondary N) is 2. The summed E-state index contributed by atoms with van der Waals surface area (Å²) >= 11 is 0. The molecule has 0 saturated heterocycles. The third-order valence-electron chi connectivity index (χ3n) is 4.21. The number of aryl methyl sites for hydroxylation is 2. The van der Waals surface area contributed by atoms with Crippen LogP contribution in [0.4, 0.5) is 5.88 Å². The second kappa shape index (κ2) is 8.06. The molecule has 6 nitrogen and oxygen atoms in total. The van der Waals surface area contributed by atoms with Crippen molar-refractivity contribution in [1.29, 1.82) is 0 Å². The quantitative estimate of drug-likeness (QED) is 0.690. The van der Waals surface area contributed by atoms with Gasteiger partial charge in [-0.15, -0.1) is 0 Å². The highest BCUT2D eigenvalue weighted by atomic mass is 16.4. The van der Waals surface area contributed by atoms with E-state index in [1.165, 1.54) is 0 Å². The lowest BCUT2D eigenvalue weighted by Crippen LogP contribution is -2.36. The summed E-state index contributed by atoms with van der Waals surface area (Å²) in [7, 11) is 0. The molecule has 0 aliphatic rings. The van der Waals surface area contributed by atoms with E-state index in [-0.39, 0.29) is 11.8 Å². The van der Waals surface area contributed by atoms with Gasteiger partial charge in [-0.25, -0.2) is 0 Å². The Hall–Kier alpha value is -2.21. The molecule has 2 heterocycles. The first-order chi connectivity index (χ1) is 11.4. The van der Waals surface area contributed by atoms with Crippen molar-refractivity contribution in [2.24, 2.45) is 5.92 Å². The largest absolute Gasteiger partial charge is 0.466 e. The first-order valence-corrected chi connectivity index (χ1v) is 8.26. The average molecular weight is 333 g/mol. The Bertz CT molecular complexity index is 688. The minimum atomic E-state index is -0.127. The van der Waals surface area contributed by atoms with Crippen molar-refractivity contribution < 1.29 is 13.6 Å². The van der Waals surface area contributed by atoms with Crippen LogP contribution < -0.4 is 16.4 Å². The van der Waals surface area contributed by atoms with Gasteiger partial charge < -0.3 is 25.2 Å². The van der Waals surface area contributed by atoms with E-state index in [4.69, 9.17) is 14.6 Å². The lowest BCUT2D eigenvalue weighted by molar-refractivity contribution is -0.124. The third kappa shape index (κ3) is 4.64. The van der Waals surface area contributed by atoms with Crippen molar-refractivity contribution in [2.75, 3.05) is 18.8 Å². The van der Waals surface area contributed by atoms with E-state index in [9.17, 15) is 4.79 Å². The van der Waals surface area contributed by atoms with Crippen molar-refractivity contribution in [2.45, 2.75) is 40.7 Å². The number of carbonyl (C=O) groups excluding carboxylic acids is 1. The fourth-order valence-corrected chi connectivity index (χ4v) is 2.53. The van der Waals surface area contributed by atoms with Crippen molar-refractivity contribution in [3.05, 3.63) is 40.5 Å². The fraction of sp³-hybridized carbons (Fsp3) is 0.500. The molecule has 0 aliphatic heterocycles. The van der Waals surface area contributed by atoms with Crippen molar-refractivity contribution in [3.63, 3.8) is 0 Å². The standard InChI is InChI=1S/C18H27N3O3/c1-11(9-20-10-16-13(3)14(4)24-17(16)19)18(22)21-8-7-15-6-5-12(2)23-15/h5-6,11,20H,7-10,19H2,1-4H3,(H,21,22). The predicted octanol–water partition coefficient (Wildman–Crippen LogP) is 2.46. The summed E-state index contributed by atoms with van der Waals surface area (Å²) in [6.07, 6.45) is 0.698. The molecule has 0 aliphatic carbocycles. The van der Waals surface area contributed by atoms with Crippen molar-refractivity contribution in [3.8, 4) is 0 Å². The second-order valence-corrected chi connectivity index (χ2v) is 6.21. The van der Waals surface area contributed by atoms with Crippen LogP contribution in [0.2, 0.25) is 0 Å². The molecule has 2 aromatic heterocycles. The number of nitrogen functional groups attached to an aromatic ring is 1. The van der Waals surface area contributed by atoms with Crippen LogP contribution in [0.1, 0.15) is 35.3 Å². The summed E-state index contributed by atoms with van der Waals surface area (Å²) < 4.78 is 10.9. The Morgan fingerprint density at radius 3 is 2.58 bits per heavy atom. The summed E-state index contributed by atoms with van der Waals surface area (Å²) in [4.78, 5) is 12.1. The molecule has 1 unspecified atom stereocenters. The normalized spacial score (nSPS) is 12.3. The molecule has 1 amide bonds. The number of hydrogen-bond donors (Lipinski definition) is 3. The van der Waals surface area contributed by atoms with Crippen LogP contribution in [-0.4, -0.2) is 19.0 Å². The minimum Gasteiger partial charge on any atom is -0.466 e. The maximum atomic E-state index is 12.1. The van der Waals surface area contributed by atoms with Crippen LogP contribution in [0.15, 0.2) is 21.0 Å². The SMILES string of the molecule is Cc1ccc(CCNC(=O)C(C)CNCc2c(N)oc(C)c2C)o1. The first-order valence-electron chi connectivity index (χ1n) is 8.26. The molecule has 0 saturated carbocycles. The number of rotatable bonds is 8. The number of furan rings is 2. The maximum Gasteiger partial charge on any atom is 0.224 e. The fourth-order valence-electron chi connectivity index (χ4n) is 2.53. The second-order valence-electron chi connectivity index (χ2n) is 6.21. The van der Waals surface area contributed by atoms with Gasteiger partial charge in [-0.2, -0.15) is 0 Å². The lowest BCUT2D eigenvalue weighted by atomic mass is 10.1. The highest BCUT2D eigenvalue weighted by Gasteiger charge is 2.15. The highest BCUT2D eigenvalue weighted by molar-refractivity contribution is 5.78. The summed E-state index contributed by atoms with van der Waals surface area (Å²) in [5, 5.41) is 6.20. The van der Waals surface area contributed by atoms with Crippen LogP contribution in [-0.2, 0) is 17.8 Å². The average Bonchev–Trinajstić information content (AvgIpc) is 3.04. The molecule has 2 aromatic rings. The van der Waals surface area contributed by atoms with E-state index in [1.54, 1.807) is 0 Å². The van der Waals surface area contributed by atoms with Gasteiger partial charge in [0.1, 0.15) is 17.3 Å².